The van der Waals surface area contributed by atoms with E-state index >= 15 is 0 Å². The second kappa shape index (κ2) is 6.68. The lowest BCUT2D eigenvalue weighted by molar-refractivity contribution is -0.138. The smallest absolute Gasteiger partial charge is 0.418 e. The molecule has 4 nitrogen and oxygen atoms in total. The first-order chi connectivity index (χ1) is 11.4. The lowest BCUT2D eigenvalue weighted by Gasteiger charge is -2.21. The van der Waals surface area contributed by atoms with Crippen molar-refractivity contribution in [1.82, 2.24) is 10.3 Å². The zero-order chi connectivity index (χ0) is 17.2. The van der Waals surface area contributed by atoms with Crippen molar-refractivity contribution >= 4 is 0 Å². The molecule has 1 aromatic carbocycles. The van der Waals surface area contributed by atoms with Gasteiger partial charge in [-0.25, -0.2) is 0 Å². The molecule has 128 valence electrons. The van der Waals surface area contributed by atoms with Crippen molar-refractivity contribution in [3.8, 4) is 11.5 Å². The van der Waals surface area contributed by atoms with E-state index in [2.05, 4.69) is 10.3 Å². The fourth-order valence-corrected chi connectivity index (χ4v) is 2.53. The Morgan fingerprint density at radius 2 is 1.92 bits per heavy atom. The van der Waals surface area contributed by atoms with Gasteiger partial charge in [0.2, 0.25) is 0 Å². The zero-order valence-electron chi connectivity index (χ0n) is 13.1. The van der Waals surface area contributed by atoms with Crippen molar-refractivity contribution < 1.29 is 22.6 Å². The van der Waals surface area contributed by atoms with Crippen LogP contribution >= 0.6 is 0 Å². The average Bonchev–Trinajstić information content (AvgIpc) is 2.58. The van der Waals surface area contributed by atoms with E-state index in [1.165, 1.54) is 12.3 Å². The summed E-state index contributed by atoms with van der Waals surface area (Å²) in [5.41, 5.74) is 0.171. The van der Waals surface area contributed by atoms with Gasteiger partial charge < -0.3 is 14.8 Å². The molecule has 3 rings (SSSR count). The molecule has 24 heavy (non-hydrogen) atoms. The molecule has 1 aliphatic rings. The quantitative estimate of drug-likeness (QED) is 0.923. The third kappa shape index (κ3) is 3.62. The number of nitrogens with zero attached hydrogens (tertiary/aromatic N) is 1. The minimum Gasteiger partial charge on any atom is -0.486 e. The zero-order valence-corrected chi connectivity index (χ0v) is 13.1. The average molecular weight is 338 g/mol. The SMILES string of the molecule is C[C@H](NCc1ncccc1C(F)(F)F)c1ccc2c(c1)OCCO2. The predicted octanol–water partition coefficient (Wildman–Crippen LogP) is 3.72. The highest BCUT2D eigenvalue weighted by atomic mass is 19.4. The second-order valence-electron chi connectivity index (χ2n) is 5.50. The molecule has 7 heteroatoms. The van der Waals surface area contributed by atoms with Crippen LogP contribution < -0.4 is 14.8 Å². The minimum absolute atomic E-state index is 0.0191. The molecule has 1 aromatic heterocycles. The summed E-state index contributed by atoms with van der Waals surface area (Å²) >= 11 is 0. The van der Waals surface area contributed by atoms with Crippen molar-refractivity contribution in [3.63, 3.8) is 0 Å². The van der Waals surface area contributed by atoms with E-state index in [4.69, 9.17) is 9.47 Å². The lowest BCUT2D eigenvalue weighted by atomic mass is 10.1. The van der Waals surface area contributed by atoms with Gasteiger partial charge in [-0.05, 0) is 36.8 Å². The molecule has 0 spiro atoms. The van der Waals surface area contributed by atoms with Crippen LogP contribution in [0.3, 0.4) is 0 Å². The minimum atomic E-state index is -4.41. The number of benzene rings is 1. The number of hydrogen-bond acceptors (Lipinski definition) is 4. The van der Waals surface area contributed by atoms with Crippen LogP contribution in [-0.4, -0.2) is 18.2 Å². The Morgan fingerprint density at radius 1 is 1.17 bits per heavy atom. The topological polar surface area (TPSA) is 43.4 Å². The van der Waals surface area contributed by atoms with E-state index in [9.17, 15) is 13.2 Å². The number of halogens is 3. The van der Waals surface area contributed by atoms with Gasteiger partial charge in [0, 0.05) is 18.8 Å². The Hall–Kier alpha value is -2.28. The highest BCUT2D eigenvalue weighted by Crippen LogP contribution is 2.33. The van der Waals surface area contributed by atoms with Gasteiger partial charge in [-0.15, -0.1) is 0 Å². The number of hydrogen-bond donors (Lipinski definition) is 1. The van der Waals surface area contributed by atoms with Gasteiger partial charge in [0.15, 0.2) is 11.5 Å². The highest BCUT2D eigenvalue weighted by molar-refractivity contribution is 5.44. The van der Waals surface area contributed by atoms with Gasteiger partial charge in [-0.2, -0.15) is 13.2 Å². The van der Waals surface area contributed by atoms with Crippen LogP contribution in [0.5, 0.6) is 11.5 Å². The maximum Gasteiger partial charge on any atom is 0.418 e. The van der Waals surface area contributed by atoms with Gasteiger partial charge in [-0.3, -0.25) is 4.98 Å². The van der Waals surface area contributed by atoms with Crippen LogP contribution in [0.2, 0.25) is 0 Å². The highest BCUT2D eigenvalue weighted by Gasteiger charge is 2.33. The Morgan fingerprint density at radius 3 is 2.67 bits per heavy atom. The van der Waals surface area contributed by atoms with Crippen LogP contribution in [0.1, 0.15) is 29.8 Å². The van der Waals surface area contributed by atoms with Crippen LogP contribution in [0.15, 0.2) is 36.5 Å². The summed E-state index contributed by atoms with van der Waals surface area (Å²) in [5.74, 6) is 1.34. The maximum absolute atomic E-state index is 13.0. The van der Waals surface area contributed by atoms with Crippen LogP contribution in [0.25, 0.3) is 0 Å². The number of nitrogens with one attached hydrogen (secondary N) is 1. The number of alkyl halides is 3. The van der Waals surface area contributed by atoms with Crippen molar-refractivity contribution in [2.45, 2.75) is 25.7 Å². The Bertz CT molecular complexity index is 719. The van der Waals surface area contributed by atoms with Crippen molar-refractivity contribution in [2.24, 2.45) is 0 Å². The number of fused-ring (bicyclic) bond motifs is 1. The molecular weight excluding hydrogens is 321 g/mol. The maximum atomic E-state index is 13.0. The lowest BCUT2D eigenvalue weighted by Crippen LogP contribution is -2.22. The molecule has 0 bridgehead atoms. The Balaban J connectivity index is 1.71. The van der Waals surface area contributed by atoms with Crippen LogP contribution in [0.4, 0.5) is 13.2 Å². The summed E-state index contributed by atoms with van der Waals surface area (Å²) in [4.78, 5) is 3.85. The third-order valence-electron chi connectivity index (χ3n) is 3.84. The molecule has 0 saturated heterocycles. The Labute approximate surface area is 137 Å². The molecule has 1 aliphatic heterocycles. The fourth-order valence-electron chi connectivity index (χ4n) is 2.53. The number of rotatable bonds is 4. The summed E-state index contributed by atoms with van der Waals surface area (Å²) in [6.07, 6.45) is -3.05. The first-order valence-corrected chi connectivity index (χ1v) is 7.59. The predicted molar refractivity (Wildman–Crippen MR) is 81.9 cm³/mol. The molecule has 0 saturated carbocycles. The number of pyridine rings is 1. The van der Waals surface area contributed by atoms with Crippen molar-refractivity contribution in [1.29, 1.82) is 0 Å². The van der Waals surface area contributed by atoms with Gasteiger partial charge in [-0.1, -0.05) is 6.07 Å². The van der Waals surface area contributed by atoms with Crippen LogP contribution in [0, 0.1) is 0 Å². The van der Waals surface area contributed by atoms with Crippen LogP contribution in [-0.2, 0) is 12.7 Å². The molecule has 0 aliphatic carbocycles. The van der Waals surface area contributed by atoms with Gasteiger partial charge in [0.05, 0.1) is 11.3 Å². The van der Waals surface area contributed by atoms with E-state index in [-0.39, 0.29) is 18.3 Å². The normalized spacial score (nSPS) is 15.2. The molecule has 2 aromatic rings. The second-order valence-corrected chi connectivity index (χ2v) is 5.50. The molecule has 0 amide bonds. The molecule has 0 fully saturated rings. The number of ether oxygens (including phenoxy) is 2. The monoisotopic (exact) mass is 338 g/mol. The number of aromatic nitrogens is 1. The third-order valence-corrected chi connectivity index (χ3v) is 3.84. The first kappa shape index (κ1) is 16.6. The molecule has 2 heterocycles. The first-order valence-electron chi connectivity index (χ1n) is 7.59. The largest absolute Gasteiger partial charge is 0.486 e. The summed E-state index contributed by atoms with van der Waals surface area (Å²) in [6.45, 7) is 2.90. The fraction of sp³-hybridized carbons (Fsp3) is 0.353. The Kier molecular flexibility index (Phi) is 4.62. The van der Waals surface area contributed by atoms with Crippen molar-refractivity contribution in [3.05, 3.63) is 53.3 Å². The molecule has 1 atom stereocenters. The summed E-state index contributed by atoms with van der Waals surface area (Å²) < 4.78 is 49.9. The van der Waals surface area contributed by atoms with E-state index in [1.54, 1.807) is 0 Å². The van der Waals surface area contributed by atoms with Gasteiger partial charge >= 0.3 is 6.18 Å². The summed E-state index contributed by atoms with van der Waals surface area (Å²) in [7, 11) is 0. The van der Waals surface area contributed by atoms with Crippen molar-refractivity contribution in [2.75, 3.05) is 13.2 Å². The molecule has 0 unspecified atom stereocenters. The van der Waals surface area contributed by atoms with E-state index < -0.39 is 11.7 Å². The van der Waals surface area contributed by atoms with Gasteiger partial charge in [0.25, 0.3) is 0 Å². The standard InChI is InChI=1S/C17H17F3N2O2/c1-11(12-4-5-15-16(9-12)24-8-7-23-15)22-10-14-13(17(18,19)20)3-2-6-21-14/h2-6,9,11,22H,7-8,10H2,1H3/t11-/m0/s1. The molecular formula is C17H17F3N2O2. The van der Waals surface area contributed by atoms with E-state index in [0.717, 1.165) is 11.6 Å². The molecule has 0 radical (unpaired) electrons. The van der Waals surface area contributed by atoms with E-state index in [0.29, 0.717) is 24.7 Å². The summed E-state index contributed by atoms with van der Waals surface area (Å²) in [6, 6.07) is 7.69. The van der Waals surface area contributed by atoms with E-state index in [1.807, 2.05) is 25.1 Å². The summed E-state index contributed by atoms with van der Waals surface area (Å²) in [5, 5.41) is 3.08. The molecule has 1 N–H and O–H groups in total. The van der Waals surface area contributed by atoms with Gasteiger partial charge in [0.1, 0.15) is 13.2 Å².